The first-order chi connectivity index (χ1) is 53.4. The molecule has 21 rings (SSSR count). The van der Waals surface area contributed by atoms with Crippen LogP contribution in [-0.2, 0) is 27.1 Å². The molecule has 0 saturated carbocycles. The van der Waals surface area contributed by atoms with Crippen LogP contribution in [0.2, 0.25) is 0 Å². The van der Waals surface area contributed by atoms with Crippen molar-refractivity contribution >= 4 is 34.1 Å². The van der Waals surface area contributed by atoms with E-state index in [1.807, 2.05) is 0 Å². The van der Waals surface area contributed by atoms with Crippen molar-refractivity contribution in [3.05, 3.63) is 466 Å². The summed E-state index contributed by atoms with van der Waals surface area (Å²) in [7, 11) is 0. The lowest BCUT2D eigenvalue weighted by molar-refractivity contribution is 0.660. The van der Waals surface area contributed by atoms with Gasteiger partial charge in [-0.05, 0) is 206 Å². The van der Waals surface area contributed by atoms with E-state index in [0.717, 1.165) is 22.7 Å². The first-order valence-corrected chi connectivity index (χ1v) is 38.5. The molecule has 0 unspecified atom stereocenters. The third-order valence-corrected chi connectivity index (χ3v) is 25.1. The predicted molar refractivity (Wildman–Crippen MR) is 455 cm³/mol. The first kappa shape index (κ1) is 65.6. The number of fused-ring (bicyclic) bond motifs is 15. The summed E-state index contributed by atoms with van der Waals surface area (Å²) in [6.45, 7) is 14.2. The van der Waals surface area contributed by atoms with Crippen LogP contribution in [0, 0.1) is 0 Å². The van der Waals surface area contributed by atoms with E-state index in [0.29, 0.717) is 0 Å². The summed E-state index contributed by atoms with van der Waals surface area (Å²) in [6, 6.07) is 145. The highest BCUT2D eigenvalue weighted by molar-refractivity contribution is 5.97. The zero-order valence-corrected chi connectivity index (χ0v) is 62.3. The smallest absolute Gasteiger partial charge is 0.0713 e. The van der Waals surface area contributed by atoms with Gasteiger partial charge in [0.2, 0.25) is 0 Å². The summed E-state index contributed by atoms with van der Waals surface area (Å²) in [6.07, 6.45) is 0. The second-order valence-corrected chi connectivity index (χ2v) is 31.8. The van der Waals surface area contributed by atoms with Crippen molar-refractivity contribution in [2.24, 2.45) is 0 Å². The Balaban J connectivity index is 0.000000143. The zero-order chi connectivity index (χ0) is 73.4. The summed E-state index contributed by atoms with van der Waals surface area (Å²) in [5, 5.41) is 0. The molecular formula is C107H82N2. The highest BCUT2D eigenvalue weighted by Crippen LogP contribution is 2.61. The van der Waals surface area contributed by atoms with Gasteiger partial charge in [-0.3, -0.25) is 0 Å². The molecular weight excluding hydrogens is 1310 g/mol. The minimum Gasteiger partial charge on any atom is -0.310 e. The maximum absolute atomic E-state index is 2.51. The van der Waals surface area contributed by atoms with Crippen LogP contribution in [0.1, 0.15) is 119 Å². The number of hydrogen-bond donors (Lipinski definition) is 0. The van der Waals surface area contributed by atoms with Gasteiger partial charge >= 0.3 is 0 Å². The maximum atomic E-state index is 2.51. The van der Waals surface area contributed by atoms with Crippen LogP contribution >= 0.6 is 0 Å². The third-order valence-electron chi connectivity index (χ3n) is 25.1. The fourth-order valence-electron chi connectivity index (χ4n) is 20.1. The predicted octanol–water partition coefficient (Wildman–Crippen LogP) is 27.6. The second-order valence-electron chi connectivity index (χ2n) is 31.8. The lowest BCUT2D eigenvalue weighted by atomic mass is 9.68. The van der Waals surface area contributed by atoms with E-state index in [2.05, 4.69) is 440 Å². The van der Waals surface area contributed by atoms with Gasteiger partial charge in [0, 0.05) is 50.2 Å². The van der Waals surface area contributed by atoms with E-state index in [1.165, 1.54) is 156 Å². The molecule has 5 aliphatic rings. The number of hydrogen-bond acceptors (Lipinski definition) is 2. The van der Waals surface area contributed by atoms with Crippen molar-refractivity contribution < 1.29 is 0 Å². The van der Waals surface area contributed by atoms with Crippen LogP contribution in [0.5, 0.6) is 0 Å². The van der Waals surface area contributed by atoms with E-state index >= 15 is 0 Å². The van der Waals surface area contributed by atoms with Crippen molar-refractivity contribution in [3.63, 3.8) is 0 Å². The molecule has 0 atom stereocenters. The molecule has 0 spiro atoms. The minimum atomic E-state index is -0.441. The molecule has 16 aromatic carbocycles. The monoisotopic (exact) mass is 1390 g/mol. The molecule has 0 radical (unpaired) electrons. The lowest BCUT2D eigenvalue weighted by Crippen LogP contribution is -2.28. The Morgan fingerprint density at radius 1 is 0.165 bits per heavy atom. The Labute approximate surface area is 641 Å². The topological polar surface area (TPSA) is 6.48 Å². The minimum absolute atomic E-state index is 0.114. The molecule has 0 bridgehead atoms. The summed E-state index contributed by atoms with van der Waals surface area (Å²) in [4.78, 5) is 4.99. The number of anilines is 6. The van der Waals surface area contributed by atoms with Crippen molar-refractivity contribution in [3.8, 4) is 66.8 Å². The Hall–Kier alpha value is -12.9. The normalized spacial score (nSPS) is 14.9. The van der Waals surface area contributed by atoms with Gasteiger partial charge in [-0.25, -0.2) is 0 Å². The molecule has 16 aromatic rings. The van der Waals surface area contributed by atoms with Gasteiger partial charge in [-0.2, -0.15) is 0 Å². The van der Waals surface area contributed by atoms with Crippen LogP contribution in [-0.4, -0.2) is 0 Å². The van der Waals surface area contributed by atoms with Gasteiger partial charge in [0.25, 0.3) is 0 Å². The second kappa shape index (κ2) is 25.1. The molecule has 2 heteroatoms. The lowest BCUT2D eigenvalue weighted by Gasteiger charge is -2.34. The van der Waals surface area contributed by atoms with Crippen LogP contribution in [0.25, 0.3) is 66.8 Å². The molecule has 2 nitrogen and oxygen atoms in total. The number of benzene rings is 16. The van der Waals surface area contributed by atoms with Crippen molar-refractivity contribution in [1.29, 1.82) is 0 Å². The van der Waals surface area contributed by atoms with Gasteiger partial charge in [0.05, 0.1) is 16.5 Å². The SMILES string of the molecule is CC1(C)c2ccccc2-c2ccc(N(c3ccc4c(c3)-c3ccccc3C4(c3ccccc3)c3ccccc3)c3ccc4c(c3)C(C)(C)c3ccccc3-4)cc21.CC1(C)c2ccccc2-c2ccc(N(c3ccc4c(c3)-c3ccccc3C4(c3ccccc3)c3ccccc3)c3ccccc3-c3ccccc3)cc21. The van der Waals surface area contributed by atoms with E-state index in [4.69, 9.17) is 0 Å². The van der Waals surface area contributed by atoms with Gasteiger partial charge < -0.3 is 9.80 Å². The Morgan fingerprint density at radius 3 is 0.761 bits per heavy atom. The quantitative estimate of drug-likeness (QED) is 0.127. The zero-order valence-electron chi connectivity index (χ0n) is 62.3. The van der Waals surface area contributed by atoms with Gasteiger partial charge in [-0.1, -0.05) is 363 Å². The number of rotatable bonds is 11. The fraction of sp³-hybridized carbons (Fsp3) is 0.103. The summed E-state index contributed by atoms with van der Waals surface area (Å²) in [5.74, 6) is 0. The summed E-state index contributed by atoms with van der Waals surface area (Å²) < 4.78 is 0. The molecule has 0 N–H and O–H groups in total. The highest BCUT2D eigenvalue weighted by Gasteiger charge is 2.49. The van der Waals surface area contributed by atoms with Crippen LogP contribution in [0.3, 0.4) is 0 Å². The first-order valence-electron chi connectivity index (χ1n) is 38.5. The highest BCUT2D eigenvalue weighted by atomic mass is 15.2. The van der Waals surface area contributed by atoms with Crippen molar-refractivity contribution in [1.82, 2.24) is 0 Å². The molecule has 0 saturated heterocycles. The molecule has 0 fully saturated rings. The van der Waals surface area contributed by atoms with Crippen molar-refractivity contribution in [2.45, 2.75) is 68.6 Å². The molecule has 5 aliphatic carbocycles. The van der Waals surface area contributed by atoms with E-state index in [9.17, 15) is 0 Å². The average molecular weight is 1400 g/mol. The maximum Gasteiger partial charge on any atom is 0.0713 e. The largest absolute Gasteiger partial charge is 0.310 e. The standard InChI is InChI=1S/C55H43N.C52H39N/c1-53(2)47-24-14-11-21-41(47)44-30-27-39(34-51(44)53)56(40-28-31-45-42-22-12-15-25-48(42)54(3,4)52(45)35-40)38-29-32-50-46(33-38)43-23-13-16-26-49(43)55(50,36-17-7-5-8-18-36)37-19-9-6-10-20-37;1-51(2)46-27-15-12-25-42(46)44-32-30-40(35-49(44)51)53(50-29-17-14-24-41(50)36-18-6-3-7-19-36)39-31-33-48-45(34-39)43-26-13-16-28-47(43)52(48,37-20-8-4-9-21-37)38-22-10-5-11-23-38/h5-35H,1-4H3;3-35H,1-2H3. The van der Waals surface area contributed by atoms with E-state index < -0.39 is 10.8 Å². The molecule has 0 aliphatic heterocycles. The van der Waals surface area contributed by atoms with Gasteiger partial charge in [0.1, 0.15) is 0 Å². The van der Waals surface area contributed by atoms with Gasteiger partial charge in [-0.15, -0.1) is 0 Å². The number of para-hydroxylation sites is 1. The molecule has 0 aromatic heterocycles. The fourth-order valence-corrected chi connectivity index (χ4v) is 20.1. The van der Waals surface area contributed by atoms with Crippen LogP contribution in [0.4, 0.5) is 34.1 Å². The van der Waals surface area contributed by atoms with Gasteiger partial charge in [0.15, 0.2) is 0 Å². The van der Waals surface area contributed by atoms with Crippen molar-refractivity contribution in [2.75, 3.05) is 9.80 Å². The average Bonchev–Trinajstić information content (AvgIpc) is 1.55. The van der Waals surface area contributed by atoms with Crippen LogP contribution < -0.4 is 9.80 Å². The van der Waals surface area contributed by atoms with Crippen LogP contribution in [0.15, 0.2) is 388 Å². The number of nitrogens with zero attached hydrogens (tertiary/aromatic N) is 2. The Morgan fingerprint density at radius 2 is 0.404 bits per heavy atom. The molecule has 109 heavy (non-hydrogen) atoms. The third kappa shape index (κ3) is 9.80. The van der Waals surface area contributed by atoms with E-state index in [1.54, 1.807) is 0 Å². The molecule has 0 amide bonds. The summed E-state index contributed by atoms with van der Waals surface area (Å²) >= 11 is 0. The summed E-state index contributed by atoms with van der Waals surface area (Å²) in [5.41, 5.74) is 39.8. The van der Waals surface area contributed by atoms with E-state index in [-0.39, 0.29) is 16.2 Å². The Kier molecular flexibility index (Phi) is 15.1. The Bertz CT molecular complexity index is 6080. The molecule has 520 valence electrons. The molecule has 0 heterocycles.